The van der Waals surface area contributed by atoms with E-state index in [0.717, 1.165) is 0 Å². The molecule has 1 unspecified atom stereocenters. The van der Waals surface area contributed by atoms with Crippen molar-refractivity contribution in [2.75, 3.05) is 5.75 Å². The molecule has 0 aliphatic carbocycles. The van der Waals surface area contributed by atoms with Crippen molar-refractivity contribution in [2.45, 2.75) is 11.8 Å². The van der Waals surface area contributed by atoms with Crippen LogP contribution in [0.1, 0.15) is 6.42 Å². The number of carbonyl (C=O) groups is 2. The smallest absolute Gasteiger partial charge is 0.307 e. The van der Waals surface area contributed by atoms with Gasteiger partial charge in [0, 0.05) is 6.20 Å². The molecular formula is C7H7NO4S. The Kier molecular flexibility index (Phi) is 1.12. The third-order valence-electron chi connectivity index (χ3n) is 2.37. The Morgan fingerprint density at radius 3 is 2.85 bits per heavy atom. The van der Waals surface area contributed by atoms with Gasteiger partial charge in [0.25, 0.3) is 0 Å². The predicted octanol–water partition coefficient (Wildman–Crippen LogP) is 0.873. The van der Waals surface area contributed by atoms with Gasteiger partial charge in [-0.15, -0.1) is 0 Å². The van der Waals surface area contributed by atoms with E-state index < -0.39 is 16.7 Å². The van der Waals surface area contributed by atoms with E-state index in [-0.39, 0.29) is 11.3 Å². The van der Waals surface area contributed by atoms with Crippen molar-refractivity contribution in [3.63, 3.8) is 0 Å². The fourth-order valence-electron chi connectivity index (χ4n) is 1.70. The van der Waals surface area contributed by atoms with E-state index in [0.29, 0.717) is 12.2 Å². The number of hydrogen-bond acceptors (Lipinski definition) is 4. The number of rotatable bonds is 0. The first-order valence-corrected chi connectivity index (χ1v) is 5.63. The van der Waals surface area contributed by atoms with Gasteiger partial charge in [0.15, 0.2) is 5.37 Å². The Hall–Kier alpha value is -1.17. The van der Waals surface area contributed by atoms with E-state index >= 15 is 0 Å². The van der Waals surface area contributed by atoms with Gasteiger partial charge in [-0.1, -0.05) is 10.6 Å². The van der Waals surface area contributed by atoms with Gasteiger partial charge in [0.1, 0.15) is 0 Å². The third-order valence-corrected chi connectivity index (χ3v) is 5.09. The van der Waals surface area contributed by atoms with Crippen molar-refractivity contribution in [3.8, 4) is 0 Å². The summed E-state index contributed by atoms with van der Waals surface area (Å²) in [4.78, 5) is 23.2. The zero-order valence-electron chi connectivity index (χ0n) is 6.63. The van der Waals surface area contributed by atoms with Crippen molar-refractivity contribution >= 4 is 22.7 Å². The highest BCUT2D eigenvalue weighted by atomic mass is 32.3. The molecule has 3 aliphatic heterocycles. The molecule has 1 amide bonds. The first kappa shape index (κ1) is 7.25. The minimum atomic E-state index is -1.75. The van der Waals surface area contributed by atoms with Gasteiger partial charge in [0.2, 0.25) is 5.91 Å². The minimum Gasteiger partial charge on any atom is -0.307 e. The van der Waals surface area contributed by atoms with E-state index in [2.05, 4.69) is 0 Å². The Morgan fingerprint density at radius 2 is 2.23 bits per heavy atom. The zero-order chi connectivity index (χ0) is 9.05. The summed E-state index contributed by atoms with van der Waals surface area (Å²) in [7, 11) is -1.75. The topological polar surface area (TPSA) is 55.8 Å². The van der Waals surface area contributed by atoms with Gasteiger partial charge in [-0.3, -0.25) is 9.69 Å². The normalized spacial score (nSPS) is 35.4. The van der Waals surface area contributed by atoms with E-state index in [1.54, 1.807) is 11.1 Å². The molecule has 3 heterocycles. The van der Waals surface area contributed by atoms with Crippen LogP contribution in [0.2, 0.25) is 0 Å². The maximum absolute atomic E-state index is 11.1. The molecule has 13 heavy (non-hydrogen) atoms. The van der Waals surface area contributed by atoms with E-state index in [1.807, 2.05) is 6.08 Å². The van der Waals surface area contributed by atoms with E-state index in [4.69, 9.17) is 8.37 Å². The quantitative estimate of drug-likeness (QED) is 0.546. The first-order chi connectivity index (χ1) is 6.21. The molecule has 5 nitrogen and oxygen atoms in total. The van der Waals surface area contributed by atoms with Crippen LogP contribution in [-0.2, 0) is 13.2 Å². The molecule has 0 aromatic carbocycles. The summed E-state index contributed by atoms with van der Waals surface area (Å²) >= 11 is 0. The Labute approximate surface area is 76.0 Å². The summed E-state index contributed by atoms with van der Waals surface area (Å²) < 4.78 is 10.1. The fraction of sp³-hybridized carbons (Fsp3) is 0.429. The van der Waals surface area contributed by atoms with Crippen LogP contribution in [-0.4, -0.2) is 28.1 Å². The number of carbonyl (C=O) groups excluding carboxylic acids is 2. The van der Waals surface area contributed by atoms with Crippen LogP contribution in [0.25, 0.3) is 0 Å². The van der Waals surface area contributed by atoms with Crippen LogP contribution in [0.5, 0.6) is 0 Å². The largest absolute Gasteiger partial charge is 0.554 e. The van der Waals surface area contributed by atoms with Crippen LogP contribution >= 0.6 is 10.6 Å². The molecule has 2 saturated heterocycles. The molecule has 6 heteroatoms. The van der Waals surface area contributed by atoms with Crippen molar-refractivity contribution in [1.29, 1.82) is 0 Å². The van der Waals surface area contributed by atoms with Gasteiger partial charge >= 0.3 is 6.16 Å². The maximum Gasteiger partial charge on any atom is 0.554 e. The van der Waals surface area contributed by atoms with E-state index in [9.17, 15) is 9.59 Å². The highest BCUT2D eigenvalue weighted by Crippen LogP contribution is 2.67. The van der Waals surface area contributed by atoms with Crippen molar-refractivity contribution in [3.05, 3.63) is 12.3 Å². The Bertz CT molecular complexity index is 331. The summed E-state index contributed by atoms with van der Waals surface area (Å²) in [5.74, 6) is 0.687. The van der Waals surface area contributed by atoms with Gasteiger partial charge in [-0.2, -0.15) is 4.79 Å². The molecule has 0 radical (unpaired) electrons. The van der Waals surface area contributed by atoms with Crippen LogP contribution < -0.4 is 0 Å². The summed E-state index contributed by atoms with van der Waals surface area (Å²) in [5, 5.41) is -0.0253. The average molecular weight is 201 g/mol. The van der Waals surface area contributed by atoms with Crippen LogP contribution in [0, 0.1) is 0 Å². The summed E-state index contributed by atoms with van der Waals surface area (Å²) in [6.45, 7) is 0. The number of hydrogen-bond donors (Lipinski definition) is 0. The van der Waals surface area contributed by atoms with Crippen LogP contribution in [0.3, 0.4) is 0 Å². The average Bonchev–Trinajstić information content (AvgIpc) is 2.04. The van der Waals surface area contributed by atoms with Gasteiger partial charge < -0.3 is 8.37 Å². The SMILES string of the molecule is O=C1OS2(CC=CN3C(=O)CC32)O1. The highest BCUT2D eigenvalue weighted by Gasteiger charge is 2.56. The molecule has 1 atom stereocenters. The van der Waals surface area contributed by atoms with Gasteiger partial charge in [-0.05, 0) is 6.08 Å². The van der Waals surface area contributed by atoms with Gasteiger partial charge in [-0.25, -0.2) is 0 Å². The molecule has 3 rings (SSSR count). The molecule has 0 bridgehead atoms. The molecule has 0 saturated carbocycles. The molecular weight excluding hydrogens is 194 g/mol. The molecule has 70 valence electrons. The fourth-order valence-corrected chi connectivity index (χ4v) is 4.04. The van der Waals surface area contributed by atoms with Crippen molar-refractivity contribution < 1.29 is 18.0 Å². The van der Waals surface area contributed by atoms with Crippen molar-refractivity contribution in [1.82, 2.24) is 4.90 Å². The second-order valence-electron chi connectivity index (χ2n) is 3.09. The lowest BCUT2D eigenvalue weighted by atomic mass is 10.2. The third kappa shape index (κ3) is 0.738. The lowest BCUT2D eigenvalue weighted by Crippen LogP contribution is -2.57. The molecule has 1 spiro atoms. The molecule has 3 aliphatic rings. The summed E-state index contributed by atoms with van der Waals surface area (Å²) in [6, 6.07) is 0. The molecule has 2 fully saturated rings. The number of fused-ring (bicyclic) bond motifs is 2. The lowest BCUT2D eigenvalue weighted by Gasteiger charge is -2.59. The monoisotopic (exact) mass is 201 g/mol. The number of nitrogens with zero attached hydrogens (tertiary/aromatic N) is 1. The maximum atomic E-state index is 11.1. The summed E-state index contributed by atoms with van der Waals surface area (Å²) in [5.41, 5.74) is 0. The standard InChI is InChI=1S/C7H7NO4S/c9-5-4-6-8(5)2-1-3-13(6)11-7(10)12-13/h1-2,6H,3-4H2. The number of amides is 1. The predicted molar refractivity (Wildman–Crippen MR) is 44.4 cm³/mol. The zero-order valence-corrected chi connectivity index (χ0v) is 7.45. The number of β-lactam (4-membered cyclic amide) rings is 1. The summed E-state index contributed by atoms with van der Waals surface area (Å²) in [6.07, 6.45) is 3.39. The van der Waals surface area contributed by atoms with E-state index in [1.165, 1.54) is 0 Å². The lowest BCUT2D eigenvalue weighted by molar-refractivity contribution is -0.138. The van der Waals surface area contributed by atoms with Gasteiger partial charge in [0.05, 0.1) is 12.2 Å². The molecule has 0 aromatic rings. The minimum absolute atomic E-state index is 0.0253. The first-order valence-electron chi connectivity index (χ1n) is 3.92. The molecule has 0 N–H and O–H groups in total. The second kappa shape index (κ2) is 2.01. The Morgan fingerprint density at radius 1 is 1.46 bits per heavy atom. The van der Waals surface area contributed by atoms with Crippen molar-refractivity contribution in [2.24, 2.45) is 0 Å². The second-order valence-corrected chi connectivity index (χ2v) is 5.63. The van der Waals surface area contributed by atoms with Crippen LogP contribution in [0.4, 0.5) is 4.79 Å². The van der Waals surface area contributed by atoms with Crippen LogP contribution in [0.15, 0.2) is 12.3 Å². The molecule has 0 aromatic heterocycles. The Balaban J connectivity index is 1.89. The highest BCUT2D eigenvalue weighted by molar-refractivity contribution is 8.28.